The van der Waals surface area contributed by atoms with Crippen LogP contribution in [0.15, 0.2) is 24.3 Å². The van der Waals surface area contributed by atoms with Crippen LogP contribution in [0.3, 0.4) is 0 Å². The zero-order valence-corrected chi connectivity index (χ0v) is 35.9. The summed E-state index contributed by atoms with van der Waals surface area (Å²) in [6.07, 6.45) is 34.5. The average molecular weight is 759 g/mol. The molecule has 0 aromatic heterocycles. The Balaban J connectivity index is 2.07. The first-order chi connectivity index (χ1) is 26.5. The first-order valence-corrected chi connectivity index (χ1v) is 22.9. The normalized spacial score (nSPS) is 11.4. The Bertz CT molecular complexity index is 899. The Labute approximate surface area is 333 Å². The fourth-order valence-electron chi connectivity index (χ4n) is 7.04. The van der Waals surface area contributed by atoms with Crippen molar-refractivity contribution in [3.63, 3.8) is 0 Å². The third-order valence-corrected chi connectivity index (χ3v) is 10.7. The number of rotatable bonds is 38. The molecule has 0 saturated carbocycles. The maximum atomic E-state index is 12.4. The molecule has 0 fully saturated rings. The van der Waals surface area contributed by atoms with Gasteiger partial charge in [-0.1, -0.05) is 182 Å². The summed E-state index contributed by atoms with van der Waals surface area (Å²) in [6.45, 7) is 15.1. The van der Waals surface area contributed by atoms with E-state index in [-0.39, 0.29) is 0 Å². The van der Waals surface area contributed by atoms with E-state index in [1.54, 1.807) is 24.3 Å². The molecule has 0 heterocycles. The predicted octanol–water partition coefficient (Wildman–Crippen LogP) is 13.6. The minimum absolute atomic E-state index is 0.360. The summed E-state index contributed by atoms with van der Waals surface area (Å²) in [5.74, 6) is 0. The van der Waals surface area contributed by atoms with Gasteiger partial charge in [0.15, 0.2) is 0 Å². The highest BCUT2D eigenvalue weighted by molar-refractivity contribution is 5.87. The number of anilines is 2. The molecule has 1 rings (SSSR count). The summed E-state index contributed by atoms with van der Waals surface area (Å²) < 4.78 is 10.9. The molecule has 2 N–H and O–H groups in total. The van der Waals surface area contributed by atoms with E-state index in [0.29, 0.717) is 24.6 Å². The molecule has 8 heteroatoms. The van der Waals surface area contributed by atoms with E-state index in [2.05, 4.69) is 48.1 Å². The van der Waals surface area contributed by atoms with Crippen LogP contribution in [0.4, 0.5) is 21.0 Å². The number of carbonyl (C=O) groups is 2. The molecule has 0 aliphatic carbocycles. The number of likely N-dealkylation sites (N-methyl/N-ethyl adjacent to an activating group) is 2. The molecule has 314 valence electrons. The largest absolute Gasteiger partial charge is 0.448 e. The summed E-state index contributed by atoms with van der Waals surface area (Å²) in [6, 6.07) is 6.99. The first kappa shape index (κ1) is 49.7. The van der Waals surface area contributed by atoms with Crippen molar-refractivity contribution < 1.29 is 19.1 Å². The maximum Gasteiger partial charge on any atom is 0.411 e. The van der Waals surface area contributed by atoms with E-state index >= 15 is 0 Å². The monoisotopic (exact) mass is 759 g/mol. The number of ether oxygens (including phenoxy) is 2. The van der Waals surface area contributed by atoms with E-state index in [1.165, 1.54) is 167 Å². The van der Waals surface area contributed by atoms with E-state index in [0.717, 1.165) is 39.3 Å². The van der Waals surface area contributed by atoms with E-state index in [9.17, 15) is 9.59 Å². The fourth-order valence-corrected chi connectivity index (χ4v) is 7.04. The van der Waals surface area contributed by atoms with Crippen molar-refractivity contribution in [2.75, 3.05) is 63.1 Å². The van der Waals surface area contributed by atoms with Crippen LogP contribution in [0.2, 0.25) is 0 Å². The van der Waals surface area contributed by atoms with Gasteiger partial charge in [-0.3, -0.25) is 10.6 Å². The summed E-state index contributed by atoms with van der Waals surface area (Å²) in [7, 11) is 0. The first-order valence-electron chi connectivity index (χ1n) is 22.9. The van der Waals surface area contributed by atoms with Crippen LogP contribution < -0.4 is 10.6 Å². The fraction of sp³-hybridized carbons (Fsp3) is 0.826. The third-order valence-electron chi connectivity index (χ3n) is 10.7. The molecule has 0 bridgehead atoms. The summed E-state index contributed by atoms with van der Waals surface area (Å²) in [5.41, 5.74) is 1.23. The minimum Gasteiger partial charge on any atom is -0.448 e. The summed E-state index contributed by atoms with van der Waals surface area (Å²) >= 11 is 0. The Kier molecular flexibility index (Phi) is 34.6. The number of nitrogens with zero attached hydrogens (tertiary/aromatic N) is 2. The Morgan fingerprint density at radius 1 is 0.407 bits per heavy atom. The Hall–Kier alpha value is -2.32. The van der Waals surface area contributed by atoms with Crippen molar-refractivity contribution in [1.82, 2.24) is 9.80 Å². The SMILES string of the molecule is CCCCCCCCCCCCCCCN(CC)CCOC(=O)Nc1ccc(NC(=O)OCCN(CC)CCCCCCCCCCCCCCC)cc1. The Morgan fingerprint density at radius 3 is 0.926 bits per heavy atom. The topological polar surface area (TPSA) is 83.1 Å². The maximum absolute atomic E-state index is 12.4. The van der Waals surface area contributed by atoms with Crippen LogP contribution in [-0.2, 0) is 9.47 Å². The predicted molar refractivity (Wildman–Crippen MR) is 232 cm³/mol. The van der Waals surface area contributed by atoms with E-state index in [4.69, 9.17) is 9.47 Å². The molecule has 1 aromatic rings. The molecule has 0 spiro atoms. The van der Waals surface area contributed by atoms with Crippen molar-refractivity contribution in [2.24, 2.45) is 0 Å². The van der Waals surface area contributed by atoms with Crippen molar-refractivity contribution in [3.05, 3.63) is 24.3 Å². The number of amides is 2. The van der Waals surface area contributed by atoms with Gasteiger partial charge in [-0.05, 0) is 63.3 Å². The van der Waals surface area contributed by atoms with Gasteiger partial charge in [0.2, 0.25) is 0 Å². The minimum atomic E-state index is -0.466. The van der Waals surface area contributed by atoms with Gasteiger partial charge in [-0.25, -0.2) is 9.59 Å². The lowest BCUT2D eigenvalue weighted by Gasteiger charge is -2.20. The highest BCUT2D eigenvalue weighted by Gasteiger charge is 2.09. The number of unbranched alkanes of at least 4 members (excludes halogenated alkanes) is 24. The van der Waals surface area contributed by atoms with Crippen molar-refractivity contribution in [2.45, 2.75) is 195 Å². The highest BCUT2D eigenvalue weighted by atomic mass is 16.6. The van der Waals surface area contributed by atoms with Gasteiger partial charge in [-0.2, -0.15) is 0 Å². The zero-order valence-electron chi connectivity index (χ0n) is 35.9. The van der Waals surface area contributed by atoms with Crippen LogP contribution in [0.1, 0.15) is 195 Å². The van der Waals surface area contributed by atoms with E-state index in [1.807, 2.05) is 0 Å². The van der Waals surface area contributed by atoms with Crippen LogP contribution in [0, 0.1) is 0 Å². The molecule has 0 aliphatic heterocycles. The van der Waals surface area contributed by atoms with Crippen LogP contribution in [0.25, 0.3) is 0 Å². The molecule has 54 heavy (non-hydrogen) atoms. The smallest absolute Gasteiger partial charge is 0.411 e. The highest BCUT2D eigenvalue weighted by Crippen LogP contribution is 2.16. The van der Waals surface area contributed by atoms with Gasteiger partial charge in [0, 0.05) is 24.5 Å². The lowest BCUT2D eigenvalue weighted by atomic mass is 10.0. The Morgan fingerprint density at radius 2 is 0.667 bits per heavy atom. The van der Waals surface area contributed by atoms with E-state index < -0.39 is 12.2 Å². The lowest BCUT2D eigenvalue weighted by Crippen LogP contribution is -2.30. The van der Waals surface area contributed by atoms with Crippen LogP contribution in [-0.4, -0.2) is 74.5 Å². The summed E-state index contributed by atoms with van der Waals surface area (Å²) in [4.78, 5) is 29.4. The number of hydrogen-bond donors (Lipinski definition) is 2. The molecule has 2 amide bonds. The molecule has 0 aliphatic rings. The van der Waals surface area contributed by atoms with Gasteiger partial charge in [-0.15, -0.1) is 0 Å². The molecule has 0 radical (unpaired) electrons. The quantitative estimate of drug-likeness (QED) is 0.0654. The second kappa shape index (κ2) is 37.6. The molecule has 0 atom stereocenters. The molecular weight excluding hydrogens is 673 g/mol. The standard InChI is InChI=1S/C46H86N4O4/c1-5-9-11-13-15-17-19-21-23-25-27-29-31-37-49(7-3)39-41-53-45(51)47-43-33-35-44(36-34-43)48-46(52)54-42-40-50(8-4)38-32-30-28-26-24-22-20-18-16-14-12-10-6-2/h33-36H,5-32,37-42H2,1-4H3,(H,47,51)(H,48,52). The van der Waals surface area contributed by atoms with Crippen molar-refractivity contribution in [1.29, 1.82) is 0 Å². The number of carbonyl (C=O) groups excluding carboxylic acids is 2. The van der Waals surface area contributed by atoms with Gasteiger partial charge in [0.05, 0.1) is 0 Å². The van der Waals surface area contributed by atoms with Gasteiger partial charge in [0.1, 0.15) is 13.2 Å². The second-order valence-electron chi connectivity index (χ2n) is 15.5. The van der Waals surface area contributed by atoms with Gasteiger partial charge >= 0.3 is 12.2 Å². The second-order valence-corrected chi connectivity index (χ2v) is 15.5. The summed E-state index contributed by atoms with van der Waals surface area (Å²) in [5, 5.41) is 5.56. The average Bonchev–Trinajstić information content (AvgIpc) is 3.17. The van der Waals surface area contributed by atoms with Crippen molar-refractivity contribution in [3.8, 4) is 0 Å². The third kappa shape index (κ3) is 30.9. The van der Waals surface area contributed by atoms with Crippen LogP contribution >= 0.6 is 0 Å². The van der Waals surface area contributed by atoms with Gasteiger partial charge in [0.25, 0.3) is 0 Å². The number of benzene rings is 1. The van der Waals surface area contributed by atoms with Crippen molar-refractivity contribution >= 4 is 23.6 Å². The van der Waals surface area contributed by atoms with Gasteiger partial charge < -0.3 is 19.3 Å². The zero-order chi connectivity index (χ0) is 39.2. The lowest BCUT2D eigenvalue weighted by molar-refractivity contribution is 0.139. The molecule has 0 saturated heterocycles. The van der Waals surface area contributed by atoms with Crippen LogP contribution in [0.5, 0.6) is 0 Å². The molecule has 0 unspecified atom stereocenters. The molecule has 8 nitrogen and oxygen atoms in total. The number of hydrogen-bond acceptors (Lipinski definition) is 6. The molecular formula is C46H86N4O4. The molecule has 1 aromatic carbocycles. The number of nitrogens with one attached hydrogen (secondary N) is 2.